The molecule has 0 heterocycles. The highest BCUT2D eigenvalue weighted by atomic mass is 19.1. The fourth-order valence-corrected chi connectivity index (χ4v) is 1.97. The van der Waals surface area contributed by atoms with Crippen molar-refractivity contribution in [1.29, 1.82) is 0 Å². The van der Waals surface area contributed by atoms with Gasteiger partial charge in [-0.25, -0.2) is 8.78 Å². The van der Waals surface area contributed by atoms with Crippen molar-refractivity contribution in [3.63, 3.8) is 0 Å². The van der Waals surface area contributed by atoms with Gasteiger partial charge in [-0.15, -0.1) is 0 Å². The molecular weight excluding hydrogens is 248 g/mol. The topological polar surface area (TPSA) is 21.3 Å². The van der Waals surface area contributed by atoms with Gasteiger partial charge in [0.25, 0.3) is 0 Å². The Balaban J connectivity index is 2.41. The van der Waals surface area contributed by atoms with Crippen LogP contribution >= 0.6 is 0 Å². The summed E-state index contributed by atoms with van der Waals surface area (Å²) in [6, 6.07) is 2.35. The van der Waals surface area contributed by atoms with E-state index in [4.69, 9.17) is 4.74 Å². The maximum absolute atomic E-state index is 13.7. The van der Waals surface area contributed by atoms with Gasteiger partial charge < -0.3 is 10.1 Å². The average Bonchev–Trinajstić information content (AvgIpc) is 2.37. The number of nitrogens with one attached hydrogen (secondary N) is 1. The maximum atomic E-state index is 13.7. The molecule has 0 saturated heterocycles. The molecule has 19 heavy (non-hydrogen) atoms. The van der Waals surface area contributed by atoms with Gasteiger partial charge >= 0.3 is 0 Å². The molecule has 1 rings (SSSR count). The minimum atomic E-state index is -0.356. The van der Waals surface area contributed by atoms with Gasteiger partial charge in [-0.2, -0.15) is 0 Å². The Hall–Kier alpha value is -1.00. The van der Waals surface area contributed by atoms with Crippen LogP contribution in [0.25, 0.3) is 0 Å². The molecule has 4 heteroatoms. The Bertz CT molecular complexity index is 396. The Morgan fingerprint density at radius 3 is 2.58 bits per heavy atom. The van der Waals surface area contributed by atoms with Gasteiger partial charge in [0.1, 0.15) is 11.6 Å². The lowest BCUT2D eigenvalue weighted by molar-refractivity contribution is 0.192. The second-order valence-corrected chi connectivity index (χ2v) is 4.85. The van der Waals surface area contributed by atoms with E-state index in [9.17, 15) is 8.78 Å². The zero-order valence-corrected chi connectivity index (χ0v) is 11.9. The van der Waals surface area contributed by atoms with Crippen LogP contribution in [-0.2, 0) is 4.74 Å². The van der Waals surface area contributed by atoms with Crippen LogP contribution in [0.3, 0.4) is 0 Å². The summed E-state index contributed by atoms with van der Waals surface area (Å²) in [5.74, 6) is -0.705. The number of aryl methyl sites for hydroxylation is 1. The normalized spacial score (nSPS) is 12.7. The van der Waals surface area contributed by atoms with Crippen LogP contribution in [0.5, 0.6) is 0 Å². The number of halogens is 2. The van der Waals surface area contributed by atoms with Crippen molar-refractivity contribution in [2.45, 2.75) is 39.2 Å². The van der Waals surface area contributed by atoms with Crippen LogP contribution in [0.1, 0.15) is 43.4 Å². The smallest absolute Gasteiger partial charge is 0.128 e. The summed E-state index contributed by atoms with van der Waals surface area (Å²) in [4.78, 5) is 0. The molecule has 0 spiro atoms. The number of benzene rings is 1. The molecule has 1 unspecified atom stereocenters. The van der Waals surface area contributed by atoms with E-state index in [0.29, 0.717) is 11.1 Å². The molecule has 0 radical (unpaired) electrons. The van der Waals surface area contributed by atoms with Crippen LogP contribution in [-0.4, -0.2) is 20.3 Å². The Morgan fingerprint density at radius 1 is 1.16 bits per heavy atom. The van der Waals surface area contributed by atoms with Crippen molar-refractivity contribution in [3.05, 3.63) is 34.9 Å². The SMILES string of the molecule is COCCCCCNC(C)c1cc(F)c(C)cc1F. The summed E-state index contributed by atoms with van der Waals surface area (Å²) in [5, 5.41) is 3.22. The first-order valence-electron chi connectivity index (χ1n) is 6.74. The molecule has 0 aliphatic heterocycles. The third-order valence-corrected chi connectivity index (χ3v) is 3.22. The zero-order chi connectivity index (χ0) is 14.3. The summed E-state index contributed by atoms with van der Waals surface area (Å²) in [7, 11) is 1.69. The Morgan fingerprint density at radius 2 is 1.89 bits per heavy atom. The van der Waals surface area contributed by atoms with Crippen LogP contribution in [0.15, 0.2) is 12.1 Å². The number of unbranched alkanes of at least 4 members (excludes halogenated alkanes) is 2. The van der Waals surface area contributed by atoms with Gasteiger partial charge in [-0.1, -0.05) is 0 Å². The first-order chi connectivity index (χ1) is 9.06. The van der Waals surface area contributed by atoms with Crippen molar-refractivity contribution >= 4 is 0 Å². The molecule has 0 fully saturated rings. The van der Waals surface area contributed by atoms with Gasteiger partial charge in [0.05, 0.1) is 0 Å². The summed E-state index contributed by atoms with van der Waals surface area (Å²) in [6.45, 7) is 4.98. The van der Waals surface area contributed by atoms with Crippen molar-refractivity contribution in [2.75, 3.05) is 20.3 Å². The quantitative estimate of drug-likeness (QED) is 0.727. The molecule has 1 atom stereocenters. The third kappa shape index (κ3) is 5.25. The number of rotatable bonds is 8. The number of hydrogen-bond donors (Lipinski definition) is 1. The maximum Gasteiger partial charge on any atom is 0.128 e. The van der Waals surface area contributed by atoms with Crippen molar-refractivity contribution < 1.29 is 13.5 Å². The standard InChI is InChI=1S/C15H23F2NO/c1-11-9-15(17)13(10-14(11)16)12(2)18-7-5-4-6-8-19-3/h9-10,12,18H,4-8H2,1-3H3. The summed E-state index contributed by atoms with van der Waals surface area (Å²) < 4.78 is 32.1. The van der Waals surface area contributed by atoms with Crippen molar-refractivity contribution in [3.8, 4) is 0 Å². The van der Waals surface area contributed by atoms with Gasteiger partial charge in [-0.05, 0) is 57.4 Å². The average molecular weight is 271 g/mol. The van der Waals surface area contributed by atoms with Gasteiger partial charge in [0.15, 0.2) is 0 Å². The molecule has 0 amide bonds. The van der Waals surface area contributed by atoms with Crippen LogP contribution in [0.4, 0.5) is 8.78 Å². The van der Waals surface area contributed by atoms with E-state index < -0.39 is 0 Å². The van der Waals surface area contributed by atoms with E-state index in [2.05, 4.69) is 5.32 Å². The molecule has 0 aliphatic carbocycles. The summed E-state index contributed by atoms with van der Waals surface area (Å²) >= 11 is 0. The van der Waals surface area contributed by atoms with Crippen molar-refractivity contribution in [2.24, 2.45) is 0 Å². The fraction of sp³-hybridized carbons (Fsp3) is 0.600. The minimum Gasteiger partial charge on any atom is -0.385 e. The molecule has 0 bridgehead atoms. The van der Waals surface area contributed by atoms with E-state index in [1.54, 1.807) is 14.0 Å². The number of hydrogen-bond acceptors (Lipinski definition) is 2. The van der Waals surface area contributed by atoms with E-state index in [1.165, 1.54) is 12.1 Å². The van der Waals surface area contributed by atoms with E-state index >= 15 is 0 Å². The number of methoxy groups -OCH3 is 1. The highest BCUT2D eigenvalue weighted by Gasteiger charge is 2.13. The molecule has 0 aromatic heterocycles. The second-order valence-electron chi connectivity index (χ2n) is 4.85. The third-order valence-electron chi connectivity index (χ3n) is 3.22. The molecule has 2 nitrogen and oxygen atoms in total. The predicted octanol–water partition coefficient (Wildman–Crippen LogP) is 3.74. The molecule has 0 saturated carbocycles. The summed E-state index contributed by atoms with van der Waals surface area (Å²) in [6.07, 6.45) is 3.10. The molecule has 1 aromatic carbocycles. The lowest BCUT2D eigenvalue weighted by Gasteiger charge is -2.15. The summed E-state index contributed by atoms with van der Waals surface area (Å²) in [5.41, 5.74) is 0.730. The minimum absolute atomic E-state index is 0.183. The van der Waals surface area contributed by atoms with E-state index in [1.807, 2.05) is 6.92 Å². The lowest BCUT2D eigenvalue weighted by Crippen LogP contribution is -2.21. The first kappa shape index (κ1) is 16.1. The first-order valence-corrected chi connectivity index (χ1v) is 6.74. The van der Waals surface area contributed by atoms with Gasteiger partial charge in [0, 0.05) is 25.3 Å². The second kappa shape index (κ2) is 8.23. The Labute approximate surface area is 114 Å². The molecule has 108 valence electrons. The largest absolute Gasteiger partial charge is 0.385 e. The molecule has 1 aromatic rings. The fourth-order valence-electron chi connectivity index (χ4n) is 1.97. The van der Waals surface area contributed by atoms with Gasteiger partial charge in [-0.3, -0.25) is 0 Å². The van der Waals surface area contributed by atoms with Gasteiger partial charge in [0.2, 0.25) is 0 Å². The van der Waals surface area contributed by atoms with Crippen LogP contribution in [0.2, 0.25) is 0 Å². The Kier molecular flexibility index (Phi) is 6.95. The van der Waals surface area contributed by atoms with E-state index in [0.717, 1.165) is 32.4 Å². The molecule has 0 aliphatic rings. The highest BCUT2D eigenvalue weighted by Crippen LogP contribution is 2.20. The highest BCUT2D eigenvalue weighted by molar-refractivity contribution is 5.27. The van der Waals surface area contributed by atoms with Crippen LogP contribution in [0, 0.1) is 18.6 Å². The van der Waals surface area contributed by atoms with Crippen molar-refractivity contribution in [1.82, 2.24) is 5.32 Å². The lowest BCUT2D eigenvalue weighted by atomic mass is 10.0. The van der Waals surface area contributed by atoms with E-state index in [-0.39, 0.29) is 17.7 Å². The molecular formula is C15H23F2NO. The molecule has 1 N–H and O–H groups in total. The number of ether oxygens (including phenoxy) is 1. The monoisotopic (exact) mass is 271 g/mol. The zero-order valence-electron chi connectivity index (χ0n) is 11.9. The predicted molar refractivity (Wildman–Crippen MR) is 73.2 cm³/mol. The van der Waals surface area contributed by atoms with Crippen LogP contribution < -0.4 is 5.32 Å².